The van der Waals surface area contributed by atoms with Crippen LogP contribution in [0, 0.1) is 5.82 Å². The first kappa shape index (κ1) is 18.6. The molecule has 0 unspecified atom stereocenters. The fraction of sp³-hybridized carbons (Fsp3) is 0.250. The average Bonchev–Trinajstić information content (AvgIpc) is 2.59. The molecule has 0 spiro atoms. The Kier molecular flexibility index (Phi) is 4.70. The van der Waals surface area contributed by atoms with Gasteiger partial charge in [-0.3, -0.25) is 0 Å². The Bertz CT molecular complexity index is 998. The minimum Gasteiger partial charge on any atom is -0.449 e. The van der Waals surface area contributed by atoms with E-state index in [0.717, 1.165) is 5.56 Å². The fourth-order valence-electron chi connectivity index (χ4n) is 2.54. The summed E-state index contributed by atoms with van der Waals surface area (Å²) in [6, 6.07) is 10.8. The van der Waals surface area contributed by atoms with Gasteiger partial charge in [0, 0.05) is 24.2 Å². The average molecular weight is 369 g/mol. The number of carbonyl (C=O) groups is 1. The molecule has 0 amide bonds. The molecule has 0 saturated carbocycles. The highest BCUT2D eigenvalue weighted by Crippen LogP contribution is 2.33. The van der Waals surface area contributed by atoms with Gasteiger partial charge in [-0.1, -0.05) is 0 Å². The number of carboxylic acid groups (broad SMARTS) is 1. The molecule has 0 saturated heterocycles. The largest absolute Gasteiger partial charge is 0.511 e. The molecule has 0 aliphatic rings. The Balaban J connectivity index is 2.22. The lowest BCUT2D eigenvalue weighted by Crippen LogP contribution is -2.39. The van der Waals surface area contributed by atoms with Crippen molar-refractivity contribution in [1.29, 1.82) is 0 Å². The third-order valence-corrected chi connectivity index (χ3v) is 4.26. The van der Waals surface area contributed by atoms with Gasteiger partial charge < -0.3 is 14.7 Å². The molecule has 27 heavy (non-hydrogen) atoms. The number of rotatable bonds is 3. The van der Waals surface area contributed by atoms with E-state index < -0.39 is 6.16 Å². The molecule has 1 heterocycles. The van der Waals surface area contributed by atoms with E-state index in [1.807, 2.05) is 32.7 Å². The summed E-state index contributed by atoms with van der Waals surface area (Å²) in [5, 5.41) is 8.81. The molecular weight excluding hydrogens is 349 g/mol. The smallest absolute Gasteiger partial charge is 0.449 e. The van der Waals surface area contributed by atoms with E-state index in [-0.39, 0.29) is 17.1 Å². The second-order valence-electron chi connectivity index (χ2n) is 7.15. The number of ether oxygens (including phenoxy) is 1. The molecule has 3 aromatic rings. The number of nitrogens with zero attached hydrogens (tertiary/aromatic N) is 3. The third-order valence-electron chi connectivity index (χ3n) is 4.26. The van der Waals surface area contributed by atoms with Crippen LogP contribution in [0.15, 0.2) is 42.5 Å². The van der Waals surface area contributed by atoms with Crippen molar-refractivity contribution in [2.75, 3.05) is 11.9 Å². The molecule has 0 radical (unpaired) electrons. The molecule has 140 valence electrons. The number of aromatic nitrogens is 2. The first-order chi connectivity index (χ1) is 12.6. The molecule has 0 aliphatic heterocycles. The van der Waals surface area contributed by atoms with E-state index in [0.29, 0.717) is 22.5 Å². The highest BCUT2D eigenvalue weighted by molar-refractivity contribution is 5.85. The fourth-order valence-corrected chi connectivity index (χ4v) is 2.54. The maximum Gasteiger partial charge on any atom is 0.511 e. The quantitative estimate of drug-likeness (QED) is 0.531. The number of fused-ring (bicyclic) bond motifs is 1. The van der Waals surface area contributed by atoms with Crippen LogP contribution in [0.2, 0.25) is 0 Å². The molecule has 6 nitrogen and oxygen atoms in total. The van der Waals surface area contributed by atoms with E-state index in [2.05, 4.69) is 0 Å². The normalized spacial score (nSPS) is 11.4. The van der Waals surface area contributed by atoms with Crippen molar-refractivity contribution in [3.05, 3.63) is 48.3 Å². The first-order valence-electron chi connectivity index (χ1n) is 8.37. The van der Waals surface area contributed by atoms with Gasteiger partial charge in [0.15, 0.2) is 5.82 Å². The zero-order valence-corrected chi connectivity index (χ0v) is 15.5. The summed E-state index contributed by atoms with van der Waals surface area (Å²) >= 11 is 0. The standard InChI is InChI=1S/C20H20FN3O3/c1-20(2,3)24(4)18-17(12-5-7-13(21)8-6-12)22-15-10-9-14(27-19(25)26)11-16(15)23-18/h5-11H,1-4H3,(H,25,26). The molecule has 0 aliphatic carbocycles. The predicted molar refractivity (Wildman–Crippen MR) is 102 cm³/mol. The van der Waals surface area contributed by atoms with Crippen molar-refractivity contribution in [3.63, 3.8) is 0 Å². The molecule has 1 aromatic heterocycles. The maximum absolute atomic E-state index is 13.3. The van der Waals surface area contributed by atoms with Gasteiger partial charge in [-0.05, 0) is 57.2 Å². The molecule has 0 bridgehead atoms. The second-order valence-corrected chi connectivity index (χ2v) is 7.15. The zero-order chi connectivity index (χ0) is 19.8. The molecule has 3 rings (SSSR count). The van der Waals surface area contributed by atoms with Gasteiger partial charge in [0.25, 0.3) is 0 Å². The third kappa shape index (κ3) is 3.97. The lowest BCUT2D eigenvalue weighted by molar-refractivity contribution is 0.144. The van der Waals surface area contributed by atoms with Crippen molar-refractivity contribution >= 4 is 23.0 Å². The Morgan fingerprint density at radius 1 is 1.07 bits per heavy atom. The predicted octanol–water partition coefficient (Wildman–Crippen LogP) is 4.73. The lowest BCUT2D eigenvalue weighted by atomic mass is 10.0. The summed E-state index contributed by atoms with van der Waals surface area (Å²) in [5.74, 6) is 0.450. The van der Waals surface area contributed by atoms with Crippen LogP contribution in [0.3, 0.4) is 0 Å². The Hall–Kier alpha value is -3.22. The summed E-state index contributed by atoms with van der Waals surface area (Å²) in [6.45, 7) is 6.12. The molecule has 1 N–H and O–H groups in total. The lowest BCUT2D eigenvalue weighted by Gasteiger charge is -2.34. The van der Waals surface area contributed by atoms with Crippen LogP contribution in [-0.2, 0) is 0 Å². The van der Waals surface area contributed by atoms with Crippen molar-refractivity contribution < 1.29 is 19.0 Å². The summed E-state index contributed by atoms with van der Waals surface area (Å²) in [6.07, 6.45) is -1.39. The SMILES string of the molecule is CN(c1nc2cc(OC(=O)O)ccc2nc1-c1ccc(F)cc1)C(C)(C)C. The van der Waals surface area contributed by atoms with E-state index in [9.17, 15) is 9.18 Å². The topological polar surface area (TPSA) is 75.6 Å². The van der Waals surface area contributed by atoms with Gasteiger partial charge in [0.1, 0.15) is 17.3 Å². The van der Waals surface area contributed by atoms with E-state index in [1.165, 1.54) is 24.3 Å². The van der Waals surface area contributed by atoms with E-state index in [1.54, 1.807) is 18.2 Å². The van der Waals surface area contributed by atoms with E-state index >= 15 is 0 Å². The molecule has 0 fully saturated rings. The van der Waals surface area contributed by atoms with Gasteiger partial charge in [-0.2, -0.15) is 0 Å². The van der Waals surface area contributed by atoms with Crippen molar-refractivity contribution in [2.24, 2.45) is 0 Å². The summed E-state index contributed by atoms with van der Waals surface area (Å²) < 4.78 is 18.1. The molecule has 2 aromatic carbocycles. The number of hydrogen-bond acceptors (Lipinski definition) is 5. The van der Waals surface area contributed by atoms with Crippen LogP contribution < -0.4 is 9.64 Å². The summed E-state index contributed by atoms with van der Waals surface area (Å²) in [4.78, 5) is 22.2. The maximum atomic E-state index is 13.3. The Labute approximate surface area is 156 Å². The summed E-state index contributed by atoms with van der Waals surface area (Å²) in [7, 11) is 1.90. The van der Waals surface area contributed by atoms with E-state index in [4.69, 9.17) is 19.8 Å². The van der Waals surface area contributed by atoms with Crippen LogP contribution in [-0.4, -0.2) is 33.8 Å². The molecular formula is C20H20FN3O3. The molecule has 0 atom stereocenters. The molecule has 7 heteroatoms. The minimum absolute atomic E-state index is 0.170. The van der Waals surface area contributed by atoms with Crippen LogP contribution >= 0.6 is 0 Å². The number of halogens is 1. The van der Waals surface area contributed by atoms with Crippen LogP contribution in [0.4, 0.5) is 15.0 Å². The van der Waals surface area contributed by atoms with Gasteiger partial charge in [-0.15, -0.1) is 0 Å². The van der Waals surface area contributed by atoms with Gasteiger partial charge in [0.05, 0.1) is 11.0 Å². The number of anilines is 1. The Morgan fingerprint density at radius 3 is 2.33 bits per heavy atom. The van der Waals surface area contributed by atoms with Crippen molar-refractivity contribution in [3.8, 4) is 17.0 Å². The number of benzene rings is 2. The van der Waals surface area contributed by atoms with Crippen LogP contribution in [0.5, 0.6) is 5.75 Å². The first-order valence-corrected chi connectivity index (χ1v) is 8.37. The van der Waals surface area contributed by atoms with Crippen molar-refractivity contribution in [2.45, 2.75) is 26.3 Å². The second kappa shape index (κ2) is 6.83. The zero-order valence-electron chi connectivity index (χ0n) is 15.5. The number of hydrogen-bond donors (Lipinski definition) is 1. The van der Waals surface area contributed by atoms with Gasteiger partial charge in [-0.25, -0.2) is 19.2 Å². The van der Waals surface area contributed by atoms with Crippen molar-refractivity contribution in [1.82, 2.24) is 9.97 Å². The van der Waals surface area contributed by atoms with Gasteiger partial charge >= 0.3 is 6.16 Å². The van der Waals surface area contributed by atoms with Crippen LogP contribution in [0.25, 0.3) is 22.3 Å². The summed E-state index contributed by atoms with van der Waals surface area (Å²) in [5.41, 5.74) is 2.20. The van der Waals surface area contributed by atoms with Crippen LogP contribution in [0.1, 0.15) is 20.8 Å². The monoisotopic (exact) mass is 369 g/mol. The highest BCUT2D eigenvalue weighted by atomic mass is 19.1. The Morgan fingerprint density at radius 2 is 1.74 bits per heavy atom. The minimum atomic E-state index is -1.39. The van der Waals surface area contributed by atoms with Gasteiger partial charge in [0.2, 0.25) is 0 Å². The highest BCUT2D eigenvalue weighted by Gasteiger charge is 2.23.